The van der Waals surface area contributed by atoms with Crippen molar-refractivity contribution < 1.29 is 19.0 Å². The second-order valence-corrected chi connectivity index (χ2v) is 8.38. The minimum absolute atomic E-state index is 0.103. The summed E-state index contributed by atoms with van der Waals surface area (Å²) >= 11 is 3.53. The number of methoxy groups -OCH3 is 2. The normalized spacial score (nSPS) is 11.2. The number of carbonyl (C=O) groups is 1. The van der Waals surface area contributed by atoms with Crippen molar-refractivity contribution in [2.24, 2.45) is 0 Å². The SMILES string of the molecule is COc1cc(Br)c(CCC(=O)Oc2ccc(C)cc2C(C)(C)C)cc1OC. The lowest BCUT2D eigenvalue weighted by Gasteiger charge is -2.22. The molecule has 0 fully saturated rings. The van der Waals surface area contributed by atoms with Gasteiger partial charge in [-0.15, -0.1) is 0 Å². The Morgan fingerprint density at radius 3 is 2.22 bits per heavy atom. The smallest absolute Gasteiger partial charge is 0.311 e. The van der Waals surface area contributed by atoms with Gasteiger partial charge < -0.3 is 14.2 Å². The van der Waals surface area contributed by atoms with Crippen molar-refractivity contribution >= 4 is 21.9 Å². The summed E-state index contributed by atoms with van der Waals surface area (Å²) in [7, 11) is 3.19. The molecule has 0 saturated carbocycles. The zero-order valence-corrected chi connectivity index (χ0v) is 18.4. The number of hydrogen-bond donors (Lipinski definition) is 0. The molecule has 0 amide bonds. The van der Waals surface area contributed by atoms with Crippen LogP contribution < -0.4 is 14.2 Å². The van der Waals surface area contributed by atoms with Gasteiger partial charge in [-0.05, 0) is 42.5 Å². The number of benzene rings is 2. The highest BCUT2D eigenvalue weighted by atomic mass is 79.9. The molecular weight excluding hydrogens is 408 g/mol. The summed E-state index contributed by atoms with van der Waals surface area (Å²) in [5, 5.41) is 0. The predicted molar refractivity (Wildman–Crippen MR) is 111 cm³/mol. The highest BCUT2D eigenvalue weighted by Crippen LogP contribution is 2.35. The fourth-order valence-electron chi connectivity index (χ4n) is 2.82. The maximum absolute atomic E-state index is 12.4. The first-order valence-electron chi connectivity index (χ1n) is 8.88. The van der Waals surface area contributed by atoms with E-state index in [1.54, 1.807) is 14.2 Å². The Labute approximate surface area is 170 Å². The minimum atomic E-state index is -0.258. The Kier molecular flexibility index (Phi) is 6.93. The molecule has 5 heteroatoms. The molecule has 0 bridgehead atoms. The van der Waals surface area contributed by atoms with Gasteiger partial charge in [0, 0.05) is 10.0 Å². The molecule has 0 N–H and O–H groups in total. The largest absolute Gasteiger partial charge is 0.493 e. The van der Waals surface area contributed by atoms with Crippen molar-refractivity contribution in [1.29, 1.82) is 0 Å². The zero-order chi connectivity index (χ0) is 20.2. The van der Waals surface area contributed by atoms with Gasteiger partial charge in [0.05, 0.1) is 20.6 Å². The van der Waals surface area contributed by atoms with Crippen LogP contribution in [0.4, 0.5) is 0 Å². The van der Waals surface area contributed by atoms with E-state index < -0.39 is 0 Å². The highest BCUT2D eigenvalue weighted by molar-refractivity contribution is 9.10. The van der Waals surface area contributed by atoms with Crippen molar-refractivity contribution in [2.75, 3.05) is 14.2 Å². The molecule has 0 saturated heterocycles. The van der Waals surface area contributed by atoms with Crippen LogP contribution in [0.5, 0.6) is 17.2 Å². The number of ether oxygens (including phenoxy) is 3. The van der Waals surface area contributed by atoms with E-state index in [4.69, 9.17) is 14.2 Å². The van der Waals surface area contributed by atoms with Crippen LogP contribution >= 0.6 is 15.9 Å². The maximum atomic E-state index is 12.4. The Balaban J connectivity index is 2.12. The van der Waals surface area contributed by atoms with E-state index in [0.717, 1.165) is 21.2 Å². The number of hydrogen-bond acceptors (Lipinski definition) is 4. The molecule has 0 heterocycles. The lowest BCUT2D eigenvalue weighted by atomic mass is 9.85. The third-order valence-corrected chi connectivity index (χ3v) is 5.06. The monoisotopic (exact) mass is 434 g/mol. The Bertz CT molecular complexity index is 822. The fourth-order valence-corrected chi connectivity index (χ4v) is 3.34. The highest BCUT2D eigenvalue weighted by Gasteiger charge is 2.21. The van der Waals surface area contributed by atoms with Crippen molar-refractivity contribution in [1.82, 2.24) is 0 Å². The van der Waals surface area contributed by atoms with Crippen molar-refractivity contribution in [3.05, 3.63) is 51.5 Å². The van der Waals surface area contributed by atoms with Gasteiger partial charge >= 0.3 is 5.97 Å². The van der Waals surface area contributed by atoms with Crippen LogP contribution in [0, 0.1) is 6.92 Å². The second kappa shape index (κ2) is 8.79. The molecule has 2 rings (SSSR count). The summed E-state index contributed by atoms with van der Waals surface area (Å²) in [6.45, 7) is 8.37. The zero-order valence-electron chi connectivity index (χ0n) is 16.8. The van der Waals surface area contributed by atoms with Gasteiger partial charge in [-0.2, -0.15) is 0 Å². The number of aryl methyl sites for hydroxylation is 2. The first kappa shape index (κ1) is 21.3. The van der Waals surface area contributed by atoms with Crippen LogP contribution in [0.1, 0.15) is 43.9 Å². The van der Waals surface area contributed by atoms with Crippen LogP contribution in [0.25, 0.3) is 0 Å². The van der Waals surface area contributed by atoms with Gasteiger partial charge in [-0.25, -0.2) is 0 Å². The lowest BCUT2D eigenvalue weighted by molar-refractivity contribution is -0.134. The van der Waals surface area contributed by atoms with Crippen molar-refractivity contribution in [3.8, 4) is 17.2 Å². The molecule has 27 heavy (non-hydrogen) atoms. The average Bonchev–Trinajstić information content (AvgIpc) is 2.61. The minimum Gasteiger partial charge on any atom is -0.493 e. The molecular formula is C22H27BrO4. The molecule has 146 valence electrons. The summed E-state index contributed by atoms with van der Waals surface area (Å²) in [4.78, 5) is 12.4. The van der Waals surface area contributed by atoms with Gasteiger partial charge in [0.2, 0.25) is 0 Å². The average molecular weight is 435 g/mol. The van der Waals surface area contributed by atoms with Gasteiger partial charge in [-0.1, -0.05) is 54.4 Å². The van der Waals surface area contributed by atoms with Crippen LogP contribution in [-0.2, 0) is 16.6 Å². The third kappa shape index (κ3) is 5.48. The topological polar surface area (TPSA) is 44.8 Å². The van der Waals surface area contributed by atoms with E-state index in [1.165, 1.54) is 0 Å². The van der Waals surface area contributed by atoms with Crippen LogP contribution in [-0.4, -0.2) is 20.2 Å². The molecule has 0 atom stereocenters. The van der Waals surface area contributed by atoms with E-state index in [2.05, 4.69) is 42.8 Å². The molecule has 2 aromatic rings. The summed E-state index contributed by atoms with van der Waals surface area (Å²) < 4.78 is 17.2. The van der Waals surface area contributed by atoms with Gasteiger partial charge in [0.1, 0.15) is 5.75 Å². The molecule has 0 radical (unpaired) electrons. The van der Waals surface area contributed by atoms with Crippen LogP contribution in [0.15, 0.2) is 34.8 Å². The Morgan fingerprint density at radius 2 is 1.63 bits per heavy atom. The van der Waals surface area contributed by atoms with Crippen LogP contribution in [0.2, 0.25) is 0 Å². The molecule has 0 aromatic heterocycles. The molecule has 0 unspecified atom stereocenters. The molecule has 0 spiro atoms. The lowest BCUT2D eigenvalue weighted by Crippen LogP contribution is -2.17. The number of esters is 1. The first-order chi connectivity index (χ1) is 12.7. The van der Waals surface area contributed by atoms with Gasteiger partial charge in [0.15, 0.2) is 11.5 Å². The first-order valence-corrected chi connectivity index (χ1v) is 9.67. The van der Waals surface area contributed by atoms with Gasteiger partial charge in [-0.3, -0.25) is 4.79 Å². The maximum Gasteiger partial charge on any atom is 0.311 e. The molecule has 0 aliphatic heterocycles. The van der Waals surface area contributed by atoms with Crippen molar-refractivity contribution in [3.63, 3.8) is 0 Å². The van der Waals surface area contributed by atoms with Crippen LogP contribution in [0.3, 0.4) is 0 Å². The molecule has 0 aliphatic rings. The second-order valence-electron chi connectivity index (χ2n) is 7.52. The number of carbonyl (C=O) groups excluding carboxylic acids is 1. The fraction of sp³-hybridized carbons (Fsp3) is 0.409. The van der Waals surface area contributed by atoms with Gasteiger partial charge in [0.25, 0.3) is 0 Å². The summed E-state index contributed by atoms with van der Waals surface area (Å²) in [6, 6.07) is 9.64. The molecule has 4 nitrogen and oxygen atoms in total. The quantitative estimate of drug-likeness (QED) is 0.437. The summed E-state index contributed by atoms with van der Waals surface area (Å²) in [6.07, 6.45) is 0.808. The van der Waals surface area contributed by atoms with E-state index in [9.17, 15) is 4.79 Å². The third-order valence-electron chi connectivity index (χ3n) is 4.32. The number of halogens is 1. The van der Waals surface area contributed by atoms with E-state index in [-0.39, 0.29) is 17.8 Å². The summed E-state index contributed by atoms with van der Waals surface area (Å²) in [5.74, 6) is 1.65. The van der Waals surface area contributed by atoms with E-state index >= 15 is 0 Å². The predicted octanol–water partition coefficient (Wildman–Crippen LogP) is 5.61. The van der Waals surface area contributed by atoms with Crippen molar-refractivity contribution in [2.45, 2.75) is 46.0 Å². The summed E-state index contributed by atoms with van der Waals surface area (Å²) in [5.41, 5.74) is 3.04. The molecule has 2 aromatic carbocycles. The Hall–Kier alpha value is -2.01. The number of rotatable bonds is 6. The van der Waals surface area contributed by atoms with E-state index in [1.807, 2.05) is 31.2 Å². The standard InChI is InChI=1S/C22H27BrO4/c1-14-7-9-18(16(11-14)22(2,3)4)27-21(24)10-8-15-12-19(25-5)20(26-6)13-17(15)23/h7,9,11-13H,8,10H2,1-6H3. The van der Waals surface area contributed by atoms with E-state index in [0.29, 0.717) is 23.7 Å². The molecule has 0 aliphatic carbocycles. The Morgan fingerprint density at radius 1 is 1.00 bits per heavy atom.